The van der Waals surface area contributed by atoms with E-state index < -0.39 is 8.72 Å². The van der Waals surface area contributed by atoms with Crippen molar-refractivity contribution in [3.05, 3.63) is 0 Å². The van der Waals surface area contributed by atoms with Crippen LogP contribution in [0.4, 0.5) is 0 Å². The second-order valence-corrected chi connectivity index (χ2v) is 4.86. The summed E-state index contributed by atoms with van der Waals surface area (Å²) in [4.78, 5) is 30.4. The summed E-state index contributed by atoms with van der Waals surface area (Å²) in [5, 5.41) is 0. The average Bonchev–Trinajstić information content (AvgIpc) is 2.17. The van der Waals surface area contributed by atoms with Crippen molar-refractivity contribution in [3.8, 4) is 0 Å². The van der Waals surface area contributed by atoms with Crippen LogP contribution in [0, 0.1) is 0 Å². The minimum Gasteiger partial charge on any atom is -0.271 e. The number of hydrogen-bond acceptors (Lipinski definition) is 7. The molecule has 0 amide bonds. The van der Waals surface area contributed by atoms with Crippen LogP contribution in [0.3, 0.4) is 0 Å². The topological polar surface area (TPSA) is 91.5 Å². The largest absolute Gasteiger partial charge is 0.558 e. The van der Waals surface area contributed by atoms with Crippen molar-refractivity contribution in [1.82, 2.24) is 4.57 Å². The Hall–Kier alpha value is -1.68. The molecular formula is C6H8N4O3Si. The van der Waals surface area contributed by atoms with Gasteiger partial charge in [-0.1, -0.05) is 6.92 Å². The average molecular weight is 212 g/mol. The molecule has 0 aromatic rings. The van der Waals surface area contributed by atoms with Crippen LogP contribution in [0.5, 0.6) is 0 Å². The fourth-order valence-electron chi connectivity index (χ4n) is 0.727. The Balaban J connectivity index is 5.45. The summed E-state index contributed by atoms with van der Waals surface area (Å²) in [6.07, 6.45) is 3.73. The predicted molar refractivity (Wildman–Crippen MR) is 48.4 cm³/mol. The fourth-order valence-corrected chi connectivity index (χ4v) is 2.18. The zero-order valence-electron chi connectivity index (χ0n) is 7.72. The second-order valence-electron chi connectivity index (χ2n) is 2.22. The van der Waals surface area contributed by atoms with Crippen molar-refractivity contribution in [2.24, 2.45) is 14.0 Å². The summed E-state index contributed by atoms with van der Waals surface area (Å²) in [5.74, 6) is 0. The van der Waals surface area contributed by atoms with Crippen molar-refractivity contribution in [2.75, 3.05) is 13.6 Å². The first-order valence-corrected chi connectivity index (χ1v) is 5.44. The van der Waals surface area contributed by atoms with Gasteiger partial charge >= 0.3 is 8.72 Å². The Labute approximate surface area is 81.2 Å². The van der Waals surface area contributed by atoms with Crippen molar-refractivity contribution < 1.29 is 14.4 Å². The van der Waals surface area contributed by atoms with Crippen LogP contribution >= 0.6 is 0 Å². The molecule has 0 radical (unpaired) electrons. The van der Waals surface area contributed by atoms with E-state index in [4.69, 9.17) is 0 Å². The van der Waals surface area contributed by atoms with Gasteiger partial charge in [0.15, 0.2) is 0 Å². The highest BCUT2D eigenvalue weighted by Crippen LogP contribution is 2.11. The first-order valence-electron chi connectivity index (χ1n) is 3.65. The van der Waals surface area contributed by atoms with Gasteiger partial charge in [-0.3, -0.25) is 4.57 Å². The molecule has 0 bridgehead atoms. The molecule has 0 saturated heterocycles. The minimum atomic E-state index is -3.46. The summed E-state index contributed by atoms with van der Waals surface area (Å²) in [6, 6.07) is 0. The minimum absolute atomic E-state index is 0.424. The zero-order valence-corrected chi connectivity index (χ0v) is 8.72. The van der Waals surface area contributed by atoms with Crippen molar-refractivity contribution >= 4 is 27.0 Å². The standard InChI is InChI=1S/C6H8N4O3Si/c1-3-10(2)14(7-4-11,8-5-12)9-6-13/h3H2,1-2H3. The number of isocyanates is 3. The molecule has 0 aromatic heterocycles. The lowest BCUT2D eigenvalue weighted by atomic mass is 10.8. The van der Waals surface area contributed by atoms with E-state index >= 15 is 0 Å². The molecule has 0 spiro atoms. The van der Waals surface area contributed by atoms with Crippen molar-refractivity contribution in [1.29, 1.82) is 0 Å². The Morgan fingerprint density at radius 1 is 1.07 bits per heavy atom. The molecule has 0 aromatic carbocycles. The molecule has 0 rings (SSSR count). The molecule has 8 heteroatoms. The monoisotopic (exact) mass is 212 g/mol. The third kappa shape index (κ3) is 2.67. The Morgan fingerprint density at radius 3 is 1.64 bits per heavy atom. The summed E-state index contributed by atoms with van der Waals surface area (Å²) >= 11 is 0. The molecule has 0 saturated carbocycles. The van der Waals surface area contributed by atoms with Crippen LogP contribution in [-0.4, -0.2) is 45.1 Å². The van der Waals surface area contributed by atoms with Crippen LogP contribution in [0.15, 0.2) is 14.0 Å². The summed E-state index contributed by atoms with van der Waals surface area (Å²) in [5.41, 5.74) is 0. The Morgan fingerprint density at radius 2 is 1.43 bits per heavy atom. The van der Waals surface area contributed by atoms with Gasteiger partial charge in [0.2, 0.25) is 18.2 Å². The van der Waals surface area contributed by atoms with E-state index in [0.717, 1.165) is 0 Å². The van der Waals surface area contributed by atoms with Gasteiger partial charge in [-0.2, -0.15) is 14.0 Å². The zero-order chi connectivity index (χ0) is 11.0. The summed E-state index contributed by atoms with van der Waals surface area (Å²) < 4.78 is 11.3. The van der Waals surface area contributed by atoms with Crippen LogP contribution in [0.1, 0.15) is 6.92 Å². The normalized spacial score (nSPS) is 13.1. The first-order chi connectivity index (χ1) is 6.66. The van der Waals surface area contributed by atoms with E-state index in [1.807, 2.05) is 0 Å². The molecule has 0 aliphatic heterocycles. The second kappa shape index (κ2) is 5.88. The molecule has 0 heterocycles. The molecule has 0 aliphatic rings. The quantitative estimate of drug-likeness (QED) is 0.345. The molecule has 14 heavy (non-hydrogen) atoms. The maximum Gasteiger partial charge on any atom is 0.558 e. The van der Waals surface area contributed by atoms with E-state index in [0.29, 0.717) is 6.54 Å². The van der Waals surface area contributed by atoms with Crippen LogP contribution < -0.4 is 0 Å². The molecule has 7 nitrogen and oxygen atoms in total. The van der Waals surface area contributed by atoms with E-state index in [-0.39, 0.29) is 0 Å². The molecule has 0 fully saturated rings. The smallest absolute Gasteiger partial charge is 0.271 e. The third-order valence-electron chi connectivity index (χ3n) is 1.57. The molecule has 0 N–H and O–H groups in total. The molecule has 0 aliphatic carbocycles. The molecule has 0 atom stereocenters. The third-order valence-corrected chi connectivity index (χ3v) is 4.09. The highest BCUT2D eigenvalue weighted by molar-refractivity contribution is 6.73. The Kier molecular flexibility index (Phi) is 5.17. The fraction of sp³-hybridized carbons (Fsp3) is 0.500. The predicted octanol–water partition coefficient (Wildman–Crippen LogP) is -0.619. The van der Waals surface area contributed by atoms with Gasteiger partial charge < -0.3 is 0 Å². The van der Waals surface area contributed by atoms with Gasteiger partial charge in [0.05, 0.1) is 0 Å². The molecule has 0 unspecified atom stereocenters. The maximum atomic E-state index is 10.1. The number of nitrogens with zero attached hydrogens (tertiary/aromatic N) is 4. The van der Waals surface area contributed by atoms with Crippen molar-refractivity contribution in [2.45, 2.75) is 6.92 Å². The van der Waals surface area contributed by atoms with Gasteiger partial charge in [-0.25, -0.2) is 14.4 Å². The highest BCUT2D eigenvalue weighted by atomic mass is 28.4. The molecule has 74 valence electrons. The van der Waals surface area contributed by atoms with E-state index in [2.05, 4.69) is 14.0 Å². The maximum absolute atomic E-state index is 10.1. The lowest BCUT2D eigenvalue weighted by Gasteiger charge is -2.21. The lowest BCUT2D eigenvalue weighted by molar-refractivity contribution is 0.518. The van der Waals surface area contributed by atoms with Crippen LogP contribution in [0.25, 0.3) is 0 Å². The number of carbonyl (C=O) groups excluding carboxylic acids is 3. The van der Waals surface area contributed by atoms with E-state index in [1.54, 1.807) is 6.92 Å². The molecular weight excluding hydrogens is 204 g/mol. The van der Waals surface area contributed by atoms with Gasteiger partial charge in [0, 0.05) is 0 Å². The summed E-state index contributed by atoms with van der Waals surface area (Å²) in [6.45, 7) is 2.16. The number of hydrogen-bond donors (Lipinski definition) is 0. The Bertz CT molecular complexity index is 293. The van der Waals surface area contributed by atoms with Gasteiger partial charge in [0.1, 0.15) is 0 Å². The van der Waals surface area contributed by atoms with E-state index in [1.165, 1.54) is 29.9 Å². The lowest BCUT2D eigenvalue weighted by Crippen LogP contribution is -2.47. The highest BCUT2D eigenvalue weighted by Gasteiger charge is 2.41. The summed E-state index contributed by atoms with van der Waals surface area (Å²) in [7, 11) is -1.92. The van der Waals surface area contributed by atoms with Crippen LogP contribution in [-0.2, 0) is 14.4 Å². The van der Waals surface area contributed by atoms with E-state index in [9.17, 15) is 14.4 Å². The van der Waals surface area contributed by atoms with Gasteiger partial charge in [0.25, 0.3) is 0 Å². The van der Waals surface area contributed by atoms with Crippen molar-refractivity contribution in [3.63, 3.8) is 0 Å². The van der Waals surface area contributed by atoms with Gasteiger partial charge in [-0.05, 0) is 13.6 Å². The SMILES string of the molecule is CCN(C)[Si](N=C=O)(N=C=O)N=C=O. The van der Waals surface area contributed by atoms with Crippen LogP contribution in [0.2, 0.25) is 0 Å². The number of rotatable bonds is 5. The first kappa shape index (κ1) is 12.3. The van der Waals surface area contributed by atoms with Gasteiger partial charge in [-0.15, -0.1) is 0 Å².